The number of nitrogens with zero attached hydrogens (tertiary/aromatic N) is 2. The molecule has 2 aromatic rings. The Bertz CT molecular complexity index is 505. The SMILES string of the molecule is Fc1ccc(Sc2nc(Cl)ncc2Cl)cc1. The van der Waals surface area contributed by atoms with Crippen LogP contribution in [-0.2, 0) is 0 Å². The van der Waals surface area contributed by atoms with E-state index in [-0.39, 0.29) is 11.1 Å². The van der Waals surface area contributed by atoms with E-state index in [4.69, 9.17) is 23.2 Å². The predicted molar refractivity (Wildman–Crippen MR) is 62.6 cm³/mol. The number of aromatic nitrogens is 2. The van der Waals surface area contributed by atoms with Crippen LogP contribution in [-0.4, -0.2) is 9.97 Å². The summed E-state index contributed by atoms with van der Waals surface area (Å²) < 4.78 is 12.7. The van der Waals surface area contributed by atoms with Crippen LogP contribution < -0.4 is 0 Å². The van der Waals surface area contributed by atoms with E-state index in [2.05, 4.69) is 9.97 Å². The molecular weight excluding hydrogens is 270 g/mol. The summed E-state index contributed by atoms with van der Waals surface area (Å²) in [5, 5.41) is 1.10. The van der Waals surface area contributed by atoms with E-state index in [0.717, 1.165) is 4.90 Å². The van der Waals surface area contributed by atoms with Crippen LogP contribution in [0.1, 0.15) is 0 Å². The Morgan fingerprint density at radius 3 is 2.50 bits per heavy atom. The summed E-state index contributed by atoms with van der Waals surface area (Å²) in [7, 11) is 0. The van der Waals surface area contributed by atoms with Crippen molar-refractivity contribution in [2.24, 2.45) is 0 Å². The number of hydrogen-bond acceptors (Lipinski definition) is 3. The molecule has 2 rings (SSSR count). The van der Waals surface area contributed by atoms with Gasteiger partial charge in [-0.25, -0.2) is 14.4 Å². The minimum atomic E-state index is -0.281. The fraction of sp³-hybridized carbons (Fsp3) is 0. The second-order valence-electron chi connectivity index (χ2n) is 2.85. The number of halogens is 3. The van der Waals surface area contributed by atoms with Gasteiger partial charge in [-0.2, -0.15) is 0 Å². The van der Waals surface area contributed by atoms with E-state index in [0.29, 0.717) is 10.0 Å². The lowest BCUT2D eigenvalue weighted by Gasteiger charge is -2.02. The Morgan fingerprint density at radius 1 is 1.12 bits per heavy atom. The summed E-state index contributed by atoms with van der Waals surface area (Å²) in [5.74, 6) is -0.281. The van der Waals surface area contributed by atoms with Crippen molar-refractivity contribution < 1.29 is 4.39 Å². The van der Waals surface area contributed by atoms with Crippen molar-refractivity contribution in [3.8, 4) is 0 Å². The molecule has 6 heteroatoms. The molecule has 1 aromatic heterocycles. The zero-order valence-electron chi connectivity index (χ0n) is 7.82. The maximum Gasteiger partial charge on any atom is 0.223 e. The van der Waals surface area contributed by atoms with Gasteiger partial charge in [0.15, 0.2) is 0 Å². The lowest BCUT2D eigenvalue weighted by Crippen LogP contribution is -1.86. The molecule has 82 valence electrons. The third-order valence-corrected chi connectivity index (χ3v) is 3.29. The summed E-state index contributed by atoms with van der Waals surface area (Å²) in [5.41, 5.74) is 0. The molecule has 0 saturated carbocycles. The molecule has 0 atom stereocenters. The number of hydrogen-bond donors (Lipinski definition) is 0. The van der Waals surface area contributed by atoms with E-state index < -0.39 is 0 Å². The fourth-order valence-corrected chi connectivity index (χ4v) is 2.19. The molecule has 0 amide bonds. The van der Waals surface area contributed by atoms with Crippen molar-refractivity contribution in [2.75, 3.05) is 0 Å². The van der Waals surface area contributed by atoms with Crippen molar-refractivity contribution in [2.45, 2.75) is 9.92 Å². The Kier molecular flexibility index (Phi) is 3.63. The van der Waals surface area contributed by atoms with Gasteiger partial charge in [0, 0.05) is 4.90 Å². The molecule has 0 aliphatic heterocycles. The quantitative estimate of drug-likeness (QED) is 0.610. The molecule has 1 heterocycles. The monoisotopic (exact) mass is 274 g/mol. The standard InChI is InChI=1S/C10H5Cl2FN2S/c11-8-5-14-10(12)15-9(8)16-7-3-1-6(13)2-4-7/h1-5H. The normalized spacial score (nSPS) is 10.4. The van der Waals surface area contributed by atoms with Crippen LogP contribution in [0.15, 0.2) is 40.4 Å². The Labute approximate surface area is 106 Å². The highest BCUT2D eigenvalue weighted by molar-refractivity contribution is 7.99. The molecule has 1 aromatic carbocycles. The lowest BCUT2D eigenvalue weighted by molar-refractivity contribution is 0.626. The third-order valence-electron chi connectivity index (χ3n) is 1.71. The third kappa shape index (κ3) is 2.84. The molecule has 0 radical (unpaired) electrons. The van der Waals surface area contributed by atoms with Crippen molar-refractivity contribution in [1.82, 2.24) is 9.97 Å². The first-order valence-corrected chi connectivity index (χ1v) is 5.84. The Hall–Kier alpha value is -0.840. The van der Waals surface area contributed by atoms with E-state index in [1.807, 2.05) is 0 Å². The van der Waals surface area contributed by atoms with Gasteiger partial charge in [-0.05, 0) is 35.9 Å². The van der Waals surface area contributed by atoms with Gasteiger partial charge in [-0.15, -0.1) is 0 Å². The highest BCUT2D eigenvalue weighted by Crippen LogP contribution is 2.31. The van der Waals surface area contributed by atoms with Crippen LogP contribution in [0, 0.1) is 5.82 Å². The van der Waals surface area contributed by atoms with E-state index >= 15 is 0 Å². The molecule has 0 fully saturated rings. The zero-order chi connectivity index (χ0) is 11.5. The van der Waals surface area contributed by atoms with Crippen LogP contribution in [0.3, 0.4) is 0 Å². The van der Waals surface area contributed by atoms with E-state index in [1.165, 1.54) is 30.1 Å². The second kappa shape index (κ2) is 4.99. The van der Waals surface area contributed by atoms with Crippen molar-refractivity contribution >= 4 is 35.0 Å². The Morgan fingerprint density at radius 2 is 1.81 bits per heavy atom. The first-order valence-electron chi connectivity index (χ1n) is 4.26. The van der Waals surface area contributed by atoms with Gasteiger partial charge >= 0.3 is 0 Å². The van der Waals surface area contributed by atoms with Gasteiger partial charge in [-0.1, -0.05) is 23.4 Å². The molecule has 0 bridgehead atoms. The van der Waals surface area contributed by atoms with E-state index in [1.54, 1.807) is 12.1 Å². The van der Waals surface area contributed by atoms with Crippen LogP contribution in [0.4, 0.5) is 4.39 Å². The number of benzene rings is 1. The highest BCUT2D eigenvalue weighted by Gasteiger charge is 2.06. The predicted octanol–water partition coefficient (Wildman–Crippen LogP) is 4.07. The zero-order valence-corrected chi connectivity index (χ0v) is 10.2. The summed E-state index contributed by atoms with van der Waals surface area (Å²) >= 11 is 12.9. The van der Waals surface area contributed by atoms with Gasteiger partial charge in [0.2, 0.25) is 5.28 Å². The van der Waals surface area contributed by atoms with E-state index in [9.17, 15) is 4.39 Å². The summed E-state index contributed by atoms with van der Waals surface area (Å²) in [4.78, 5) is 8.56. The van der Waals surface area contributed by atoms with Crippen molar-refractivity contribution in [3.05, 3.63) is 46.6 Å². The van der Waals surface area contributed by atoms with Crippen LogP contribution in [0.2, 0.25) is 10.3 Å². The first-order chi connectivity index (χ1) is 7.65. The minimum absolute atomic E-state index is 0.133. The molecule has 0 aliphatic carbocycles. The molecule has 0 N–H and O–H groups in total. The largest absolute Gasteiger partial charge is 0.225 e. The van der Waals surface area contributed by atoms with Gasteiger partial charge in [0.25, 0.3) is 0 Å². The second-order valence-corrected chi connectivity index (χ2v) is 4.66. The average molecular weight is 275 g/mol. The van der Waals surface area contributed by atoms with Crippen molar-refractivity contribution in [3.63, 3.8) is 0 Å². The van der Waals surface area contributed by atoms with Crippen molar-refractivity contribution in [1.29, 1.82) is 0 Å². The molecule has 0 saturated heterocycles. The lowest BCUT2D eigenvalue weighted by atomic mass is 10.4. The summed E-state index contributed by atoms with van der Waals surface area (Å²) in [6.07, 6.45) is 1.43. The smallest absolute Gasteiger partial charge is 0.223 e. The average Bonchev–Trinajstić information content (AvgIpc) is 2.27. The molecule has 2 nitrogen and oxygen atoms in total. The fourth-order valence-electron chi connectivity index (χ4n) is 1.02. The maximum absolute atomic E-state index is 12.7. The summed E-state index contributed by atoms with van der Waals surface area (Å²) in [6.45, 7) is 0. The summed E-state index contributed by atoms with van der Waals surface area (Å²) in [6, 6.07) is 6.04. The molecule has 0 unspecified atom stereocenters. The minimum Gasteiger partial charge on any atom is -0.225 e. The molecular formula is C10H5Cl2FN2S. The highest BCUT2D eigenvalue weighted by atomic mass is 35.5. The van der Waals surface area contributed by atoms with Gasteiger partial charge in [-0.3, -0.25) is 0 Å². The Balaban J connectivity index is 2.26. The van der Waals surface area contributed by atoms with Gasteiger partial charge in [0.05, 0.1) is 11.2 Å². The van der Waals surface area contributed by atoms with Crippen LogP contribution in [0.5, 0.6) is 0 Å². The van der Waals surface area contributed by atoms with Gasteiger partial charge < -0.3 is 0 Å². The topological polar surface area (TPSA) is 25.8 Å². The first kappa shape index (κ1) is 11.6. The number of rotatable bonds is 2. The maximum atomic E-state index is 12.7. The van der Waals surface area contributed by atoms with Gasteiger partial charge in [0.1, 0.15) is 10.8 Å². The van der Waals surface area contributed by atoms with Crippen LogP contribution in [0.25, 0.3) is 0 Å². The molecule has 0 aliphatic rings. The molecule has 0 spiro atoms. The van der Waals surface area contributed by atoms with Crippen LogP contribution >= 0.6 is 35.0 Å². The molecule has 16 heavy (non-hydrogen) atoms.